The summed E-state index contributed by atoms with van der Waals surface area (Å²) in [5, 5.41) is 6.14. The Morgan fingerprint density at radius 1 is 0.964 bits per heavy atom. The molecule has 0 aliphatic carbocycles. The third-order valence-electron chi connectivity index (χ3n) is 4.11. The lowest BCUT2D eigenvalue weighted by atomic mass is 10.2. The Bertz CT molecular complexity index is 932. The van der Waals surface area contributed by atoms with Gasteiger partial charge >= 0.3 is 0 Å². The van der Waals surface area contributed by atoms with E-state index in [4.69, 9.17) is 9.47 Å². The Hall–Kier alpha value is -3.61. The number of nitrogens with one attached hydrogen (secondary N) is 2. The summed E-state index contributed by atoms with van der Waals surface area (Å²) >= 11 is 0. The molecule has 3 aromatic rings. The first-order valence-corrected chi connectivity index (χ1v) is 8.77. The van der Waals surface area contributed by atoms with E-state index in [1.54, 1.807) is 38.9 Å². The Balaban J connectivity index is 1.60. The quantitative estimate of drug-likeness (QED) is 0.627. The number of hydrogen-bond donors (Lipinski definition) is 2. The topological polar surface area (TPSA) is 85.4 Å². The molecule has 2 N–H and O–H groups in total. The molecule has 1 aromatic carbocycles. The third kappa shape index (κ3) is 4.97. The maximum atomic E-state index is 12.5. The number of carbonyl (C=O) groups excluding carboxylic acids is 1. The van der Waals surface area contributed by atoms with Crippen LogP contribution in [-0.4, -0.2) is 30.1 Å². The third-order valence-corrected chi connectivity index (χ3v) is 4.11. The molecule has 2 aromatic heterocycles. The van der Waals surface area contributed by atoms with Crippen LogP contribution in [0.15, 0.2) is 61.1 Å². The highest BCUT2D eigenvalue weighted by Gasteiger charge is 2.10. The normalized spacial score (nSPS) is 10.2. The fourth-order valence-electron chi connectivity index (χ4n) is 2.63. The monoisotopic (exact) mass is 378 g/mol. The van der Waals surface area contributed by atoms with Crippen LogP contribution in [-0.2, 0) is 13.1 Å². The van der Waals surface area contributed by atoms with Gasteiger partial charge in [-0.05, 0) is 41.5 Å². The van der Waals surface area contributed by atoms with Gasteiger partial charge in [-0.1, -0.05) is 12.1 Å². The van der Waals surface area contributed by atoms with Crippen molar-refractivity contribution in [3.05, 3.63) is 77.9 Å². The second kappa shape index (κ2) is 9.36. The van der Waals surface area contributed by atoms with E-state index in [-0.39, 0.29) is 5.91 Å². The van der Waals surface area contributed by atoms with Crippen LogP contribution < -0.4 is 20.1 Å². The van der Waals surface area contributed by atoms with Gasteiger partial charge in [0.15, 0.2) is 11.5 Å². The van der Waals surface area contributed by atoms with E-state index in [1.165, 1.54) is 0 Å². The summed E-state index contributed by atoms with van der Waals surface area (Å²) in [7, 11) is 3.16. The van der Waals surface area contributed by atoms with E-state index in [2.05, 4.69) is 20.6 Å². The second-order valence-corrected chi connectivity index (χ2v) is 6.02. The molecular formula is C21H22N4O3. The minimum Gasteiger partial charge on any atom is -0.493 e. The molecule has 0 aliphatic heterocycles. The molecule has 0 radical (unpaired) electrons. The predicted molar refractivity (Wildman–Crippen MR) is 107 cm³/mol. The van der Waals surface area contributed by atoms with Gasteiger partial charge in [0.25, 0.3) is 5.91 Å². The van der Waals surface area contributed by atoms with Crippen LogP contribution in [0, 0.1) is 0 Å². The Kier molecular flexibility index (Phi) is 6.41. The fourth-order valence-corrected chi connectivity index (χ4v) is 2.63. The predicted octanol–water partition coefficient (Wildman–Crippen LogP) is 3.04. The van der Waals surface area contributed by atoms with Crippen LogP contribution >= 0.6 is 0 Å². The molecule has 0 fully saturated rings. The van der Waals surface area contributed by atoms with Gasteiger partial charge in [-0.15, -0.1) is 0 Å². The van der Waals surface area contributed by atoms with Crippen LogP contribution in [0.4, 0.5) is 5.69 Å². The number of rotatable bonds is 8. The molecule has 7 heteroatoms. The van der Waals surface area contributed by atoms with Crippen molar-refractivity contribution >= 4 is 11.6 Å². The lowest BCUT2D eigenvalue weighted by molar-refractivity contribution is 0.0946. The van der Waals surface area contributed by atoms with Crippen molar-refractivity contribution in [2.45, 2.75) is 13.1 Å². The van der Waals surface area contributed by atoms with Crippen molar-refractivity contribution < 1.29 is 14.3 Å². The van der Waals surface area contributed by atoms with Gasteiger partial charge in [-0.2, -0.15) is 0 Å². The number of hydrogen-bond acceptors (Lipinski definition) is 6. The molecule has 0 aliphatic rings. The van der Waals surface area contributed by atoms with Gasteiger partial charge < -0.3 is 20.1 Å². The highest BCUT2D eigenvalue weighted by Crippen LogP contribution is 2.27. The second-order valence-electron chi connectivity index (χ2n) is 6.02. The number of anilines is 1. The lowest BCUT2D eigenvalue weighted by Gasteiger charge is -2.11. The largest absolute Gasteiger partial charge is 0.493 e. The molecule has 0 bridgehead atoms. The zero-order chi connectivity index (χ0) is 19.8. The number of amides is 1. The number of ether oxygens (including phenoxy) is 2. The standard InChI is InChI=1S/C21H22N4O3/c1-27-19-6-5-15(10-20(19)28-2)13-25-21(26)18-11-17(7-9-23-18)24-14-16-4-3-8-22-12-16/h3-12H,13-14H2,1-2H3,(H,23,24)(H,25,26). The fraction of sp³-hybridized carbons (Fsp3) is 0.190. The van der Waals surface area contributed by atoms with Crippen LogP contribution in [0.1, 0.15) is 21.6 Å². The van der Waals surface area contributed by atoms with Gasteiger partial charge in [-0.3, -0.25) is 14.8 Å². The van der Waals surface area contributed by atoms with E-state index in [1.807, 2.05) is 36.4 Å². The average molecular weight is 378 g/mol. The molecule has 1 amide bonds. The summed E-state index contributed by atoms with van der Waals surface area (Å²) in [5.41, 5.74) is 3.11. The summed E-state index contributed by atoms with van der Waals surface area (Å²) in [6, 6.07) is 12.9. The zero-order valence-electron chi connectivity index (χ0n) is 15.8. The highest BCUT2D eigenvalue weighted by atomic mass is 16.5. The van der Waals surface area contributed by atoms with Crippen LogP contribution in [0.25, 0.3) is 0 Å². The average Bonchev–Trinajstić information content (AvgIpc) is 2.76. The molecule has 144 valence electrons. The molecule has 28 heavy (non-hydrogen) atoms. The first kappa shape index (κ1) is 19.2. The van der Waals surface area contributed by atoms with Crippen LogP contribution in [0.5, 0.6) is 11.5 Å². The number of methoxy groups -OCH3 is 2. The Labute approximate surface area is 163 Å². The minimum absolute atomic E-state index is 0.250. The summed E-state index contributed by atoms with van der Waals surface area (Å²) < 4.78 is 10.5. The Morgan fingerprint density at radius 2 is 1.82 bits per heavy atom. The van der Waals surface area contributed by atoms with E-state index in [9.17, 15) is 4.79 Å². The summed E-state index contributed by atoms with van der Waals surface area (Å²) in [4.78, 5) is 20.7. The van der Waals surface area contributed by atoms with Gasteiger partial charge in [0, 0.05) is 37.4 Å². The summed E-state index contributed by atoms with van der Waals surface area (Å²) in [5.74, 6) is 1.01. The first-order valence-electron chi connectivity index (χ1n) is 8.77. The molecule has 2 heterocycles. The van der Waals surface area contributed by atoms with E-state index in [0.29, 0.717) is 30.3 Å². The van der Waals surface area contributed by atoms with E-state index < -0.39 is 0 Å². The van der Waals surface area contributed by atoms with E-state index in [0.717, 1.165) is 16.8 Å². The minimum atomic E-state index is -0.250. The molecule has 0 spiro atoms. The molecule has 7 nitrogen and oxygen atoms in total. The maximum Gasteiger partial charge on any atom is 0.270 e. The van der Waals surface area contributed by atoms with Crippen molar-refractivity contribution in [3.8, 4) is 11.5 Å². The van der Waals surface area contributed by atoms with Crippen molar-refractivity contribution in [2.24, 2.45) is 0 Å². The van der Waals surface area contributed by atoms with Crippen LogP contribution in [0.2, 0.25) is 0 Å². The van der Waals surface area contributed by atoms with Crippen molar-refractivity contribution in [1.82, 2.24) is 15.3 Å². The Morgan fingerprint density at radius 3 is 2.57 bits per heavy atom. The number of aromatic nitrogens is 2. The molecule has 3 rings (SSSR count). The number of carbonyl (C=O) groups is 1. The lowest BCUT2D eigenvalue weighted by Crippen LogP contribution is -2.23. The van der Waals surface area contributed by atoms with Gasteiger partial charge in [0.2, 0.25) is 0 Å². The molecular weight excluding hydrogens is 356 g/mol. The van der Waals surface area contributed by atoms with Gasteiger partial charge in [0.1, 0.15) is 5.69 Å². The van der Waals surface area contributed by atoms with Crippen molar-refractivity contribution in [1.29, 1.82) is 0 Å². The summed E-state index contributed by atoms with van der Waals surface area (Å²) in [6.45, 7) is 0.971. The number of benzene rings is 1. The SMILES string of the molecule is COc1ccc(CNC(=O)c2cc(NCc3cccnc3)ccn2)cc1OC. The molecule has 0 saturated heterocycles. The van der Waals surface area contributed by atoms with Gasteiger partial charge in [-0.25, -0.2) is 0 Å². The molecule has 0 unspecified atom stereocenters. The summed E-state index contributed by atoms with van der Waals surface area (Å²) in [6.07, 6.45) is 5.14. The number of pyridine rings is 2. The maximum absolute atomic E-state index is 12.5. The van der Waals surface area contributed by atoms with Crippen molar-refractivity contribution in [3.63, 3.8) is 0 Å². The smallest absolute Gasteiger partial charge is 0.270 e. The van der Waals surface area contributed by atoms with Crippen molar-refractivity contribution in [2.75, 3.05) is 19.5 Å². The first-order chi connectivity index (χ1) is 13.7. The molecule has 0 atom stereocenters. The van der Waals surface area contributed by atoms with Gasteiger partial charge in [0.05, 0.1) is 14.2 Å². The molecule has 0 saturated carbocycles. The number of nitrogens with zero attached hydrogens (tertiary/aromatic N) is 2. The van der Waals surface area contributed by atoms with Crippen LogP contribution in [0.3, 0.4) is 0 Å². The highest BCUT2D eigenvalue weighted by molar-refractivity contribution is 5.93. The zero-order valence-corrected chi connectivity index (χ0v) is 15.8. The van der Waals surface area contributed by atoms with E-state index >= 15 is 0 Å².